The number of halogens is 3. The number of Topliss-reactive ketones (excluding diaryl/α,β-unsaturated/α-hetero) is 1. The molecule has 7 heteroatoms. The standard InChI is InChI=1S/C14H14F3NO3/c15-14(16,17)9-18(5-6-19)7-12(20)11-8-21-13-4-2-1-3-10(11)13/h1-4,8,19H,5-7,9H2. The van der Waals surface area contributed by atoms with Gasteiger partial charge in [-0.25, -0.2) is 0 Å². The first kappa shape index (κ1) is 15.5. The van der Waals surface area contributed by atoms with E-state index in [1.807, 2.05) is 0 Å². The van der Waals surface area contributed by atoms with E-state index in [4.69, 9.17) is 9.52 Å². The van der Waals surface area contributed by atoms with Gasteiger partial charge in [0.05, 0.1) is 25.3 Å². The molecule has 0 aliphatic carbocycles. The van der Waals surface area contributed by atoms with Gasteiger partial charge in [0.25, 0.3) is 0 Å². The highest BCUT2D eigenvalue weighted by molar-refractivity contribution is 6.08. The monoisotopic (exact) mass is 301 g/mol. The molecule has 0 radical (unpaired) electrons. The number of para-hydroxylation sites is 1. The van der Waals surface area contributed by atoms with Crippen LogP contribution in [0.2, 0.25) is 0 Å². The number of hydrogen-bond donors (Lipinski definition) is 1. The maximum absolute atomic E-state index is 12.4. The van der Waals surface area contributed by atoms with Crippen LogP contribution in [0.1, 0.15) is 10.4 Å². The van der Waals surface area contributed by atoms with Crippen LogP contribution in [-0.2, 0) is 0 Å². The summed E-state index contributed by atoms with van der Waals surface area (Å²) >= 11 is 0. The molecule has 2 aromatic rings. The van der Waals surface area contributed by atoms with Crippen molar-refractivity contribution >= 4 is 16.8 Å². The van der Waals surface area contributed by atoms with E-state index in [2.05, 4.69) is 0 Å². The minimum Gasteiger partial charge on any atom is -0.464 e. The Morgan fingerprint density at radius 2 is 2.00 bits per heavy atom. The average Bonchev–Trinajstić information content (AvgIpc) is 2.80. The van der Waals surface area contributed by atoms with E-state index < -0.39 is 31.7 Å². The highest BCUT2D eigenvalue weighted by atomic mass is 19.4. The Hall–Kier alpha value is -1.86. The van der Waals surface area contributed by atoms with Crippen LogP contribution in [0.5, 0.6) is 0 Å². The van der Waals surface area contributed by atoms with Gasteiger partial charge in [0, 0.05) is 11.9 Å². The van der Waals surface area contributed by atoms with Crippen molar-refractivity contribution in [3.8, 4) is 0 Å². The number of nitrogens with zero attached hydrogens (tertiary/aromatic N) is 1. The van der Waals surface area contributed by atoms with Crippen LogP contribution < -0.4 is 0 Å². The van der Waals surface area contributed by atoms with Crippen molar-refractivity contribution < 1.29 is 27.5 Å². The molecule has 21 heavy (non-hydrogen) atoms. The normalized spacial score (nSPS) is 12.2. The Kier molecular flexibility index (Phi) is 4.64. The van der Waals surface area contributed by atoms with Gasteiger partial charge in [-0.1, -0.05) is 18.2 Å². The molecule has 4 nitrogen and oxygen atoms in total. The summed E-state index contributed by atoms with van der Waals surface area (Å²) in [6.07, 6.45) is -3.17. The summed E-state index contributed by atoms with van der Waals surface area (Å²) in [5.74, 6) is -0.474. The van der Waals surface area contributed by atoms with E-state index in [1.54, 1.807) is 24.3 Å². The van der Waals surface area contributed by atoms with Crippen molar-refractivity contribution in [2.24, 2.45) is 0 Å². The lowest BCUT2D eigenvalue weighted by Gasteiger charge is -2.21. The Morgan fingerprint density at radius 1 is 1.29 bits per heavy atom. The number of benzene rings is 1. The maximum Gasteiger partial charge on any atom is 0.401 e. The highest BCUT2D eigenvalue weighted by Gasteiger charge is 2.31. The van der Waals surface area contributed by atoms with Gasteiger partial charge in [-0.2, -0.15) is 13.2 Å². The van der Waals surface area contributed by atoms with E-state index in [0.717, 1.165) is 4.90 Å². The maximum atomic E-state index is 12.4. The molecule has 1 aromatic heterocycles. The van der Waals surface area contributed by atoms with Crippen LogP contribution in [0.3, 0.4) is 0 Å². The largest absolute Gasteiger partial charge is 0.464 e. The Morgan fingerprint density at radius 3 is 2.67 bits per heavy atom. The molecule has 1 N–H and O–H groups in total. The number of aliphatic hydroxyl groups excluding tert-OH is 1. The van der Waals surface area contributed by atoms with Crippen molar-refractivity contribution in [1.82, 2.24) is 4.90 Å². The van der Waals surface area contributed by atoms with Crippen molar-refractivity contribution in [3.05, 3.63) is 36.1 Å². The van der Waals surface area contributed by atoms with Gasteiger partial charge in [0.2, 0.25) is 0 Å². The molecular weight excluding hydrogens is 287 g/mol. The minimum absolute atomic E-state index is 0.221. The van der Waals surface area contributed by atoms with Gasteiger partial charge in [0.15, 0.2) is 5.78 Å². The third kappa shape index (κ3) is 4.05. The molecule has 0 amide bonds. The Balaban J connectivity index is 2.15. The fourth-order valence-electron chi connectivity index (χ4n) is 2.09. The number of carbonyl (C=O) groups is 1. The number of ketones is 1. The van der Waals surface area contributed by atoms with Crippen LogP contribution in [0.15, 0.2) is 34.9 Å². The van der Waals surface area contributed by atoms with Gasteiger partial charge >= 0.3 is 6.18 Å². The first-order valence-electron chi connectivity index (χ1n) is 6.30. The van der Waals surface area contributed by atoms with Crippen molar-refractivity contribution in [2.75, 3.05) is 26.2 Å². The van der Waals surface area contributed by atoms with Crippen molar-refractivity contribution in [1.29, 1.82) is 0 Å². The molecule has 0 saturated carbocycles. The number of fused-ring (bicyclic) bond motifs is 1. The number of furan rings is 1. The molecule has 114 valence electrons. The zero-order chi connectivity index (χ0) is 15.5. The van der Waals surface area contributed by atoms with Crippen LogP contribution in [-0.4, -0.2) is 48.2 Å². The van der Waals surface area contributed by atoms with Crippen molar-refractivity contribution in [3.63, 3.8) is 0 Å². The molecule has 2 rings (SSSR count). The van der Waals surface area contributed by atoms with Gasteiger partial charge in [0.1, 0.15) is 11.8 Å². The van der Waals surface area contributed by atoms with Gasteiger partial charge in [-0.05, 0) is 6.07 Å². The van der Waals surface area contributed by atoms with Crippen LogP contribution in [0, 0.1) is 0 Å². The summed E-state index contributed by atoms with van der Waals surface area (Å²) in [5.41, 5.74) is 0.751. The molecule has 0 aliphatic heterocycles. The second kappa shape index (κ2) is 6.28. The predicted molar refractivity (Wildman–Crippen MR) is 70.1 cm³/mol. The smallest absolute Gasteiger partial charge is 0.401 e. The number of aliphatic hydroxyl groups is 1. The summed E-state index contributed by atoms with van der Waals surface area (Å²) in [6.45, 7) is -2.34. The van der Waals surface area contributed by atoms with E-state index >= 15 is 0 Å². The van der Waals surface area contributed by atoms with Gasteiger partial charge in [-0.15, -0.1) is 0 Å². The minimum atomic E-state index is -4.42. The fourth-order valence-corrected chi connectivity index (χ4v) is 2.09. The number of carbonyl (C=O) groups excluding carboxylic acids is 1. The quantitative estimate of drug-likeness (QED) is 0.833. The molecule has 0 bridgehead atoms. The predicted octanol–water partition coefficient (Wildman–Crippen LogP) is 2.47. The third-order valence-electron chi connectivity index (χ3n) is 2.97. The van der Waals surface area contributed by atoms with E-state index in [9.17, 15) is 18.0 Å². The van der Waals surface area contributed by atoms with Crippen LogP contribution in [0.4, 0.5) is 13.2 Å². The summed E-state index contributed by atoms with van der Waals surface area (Å²) in [4.78, 5) is 13.0. The number of rotatable bonds is 6. The Labute approximate surface area is 118 Å². The summed E-state index contributed by atoms with van der Waals surface area (Å²) in [6, 6.07) is 6.80. The van der Waals surface area contributed by atoms with Gasteiger partial charge in [-0.3, -0.25) is 9.69 Å². The fraction of sp³-hybridized carbons (Fsp3) is 0.357. The zero-order valence-electron chi connectivity index (χ0n) is 11.1. The summed E-state index contributed by atoms with van der Waals surface area (Å²) < 4.78 is 42.5. The number of hydrogen-bond acceptors (Lipinski definition) is 4. The van der Waals surface area contributed by atoms with E-state index in [0.29, 0.717) is 11.0 Å². The first-order valence-corrected chi connectivity index (χ1v) is 6.30. The third-order valence-corrected chi connectivity index (χ3v) is 2.97. The van der Waals surface area contributed by atoms with E-state index in [1.165, 1.54) is 6.26 Å². The average molecular weight is 301 g/mol. The second-order valence-electron chi connectivity index (χ2n) is 4.62. The van der Waals surface area contributed by atoms with Crippen molar-refractivity contribution in [2.45, 2.75) is 6.18 Å². The molecule has 0 unspecified atom stereocenters. The van der Waals surface area contributed by atoms with Crippen LogP contribution >= 0.6 is 0 Å². The molecule has 0 saturated heterocycles. The topological polar surface area (TPSA) is 53.7 Å². The lowest BCUT2D eigenvalue weighted by atomic mass is 10.1. The second-order valence-corrected chi connectivity index (χ2v) is 4.62. The molecule has 1 heterocycles. The van der Waals surface area contributed by atoms with Gasteiger partial charge < -0.3 is 9.52 Å². The summed E-state index contributed by atoms with van der Waals surface area (Å²) in [5, 5.41) is 9.38. The highest BCUT2D eigenvalue weighted by Crippen LogP contribution is 2.22. The zero-order valence-corrected chi connectivity index (χ0v) is 11.1. The Bertz CT molecular complexity index is 621. The first-order chi connectivity index (χ1) is 9.90. The molecule has 0 fully saturated rings. The molecule has 0 spiro atoms. The van der Waals surface area contributed by atoms with Crippen LogP contribution in [0.25, 0.3) is 11.0 Å². The summed E-state index contributed by atoms with van der Waals surface area (Å²) in [7, 11) is 0. The number of alkyl halides is 3. The SMILES string of the molecule is O=C(CN(CCO)CC(F)(F)F)c1coc2ccccc12. The molecule has 1 aromatic carbocycles. The molecular formula is C14H14F3NO3. The lowest BCUT2D eigenvalue weighted by Crippen LogP contribution is -2.39. The molecule has 0 aliphatic rings. The van der Waals surface area contributed by atoms with E-state index in [-0.39, 0.29) is 12.1 Å². The molecule has 0 atom stereocenters. The lowest BCUT2D eigenvalue weighted by molar-refractivity contribution is -0.145.